The smallest absolute Gasteiger partial charge is 0.349 e. The molecule has 1 atom stereocenters. The Labute approximate surface area is 157 Å². The summed E-state index contributed by atoms with van der Waals surface area (Å²) in [5, 5.41) is 4.86. The topological polar surface area (TPSA) is 64.6 Å². The first-order chi connectivity index (χ1) is 12.7. The van der Waals surface area contributed by atoms with Crippen molar-refractivity contribution in [3.63, 3.8) is 0 Å². The maximum absolute atomic E-state index is 12.9. The monoisotopic (exact) mass is 373 g/mol. The molecule has 1 aromatic heterocycles. The molecule has 1 N–H and O–H groups in total. The van der Waals surface area contributed by atoms with E-state index in [2.05, 4.69) is 5.32 Å². The van der Waals surface area contributed by atoms with Gasteiger partial charge in [-0.25, -0.2) is 4.79 Å². The second-order valence-corrected chi connectivity index (χ2v) is 7.33. The van der Waals surface area contributed by atoms with Crippen LogP contribution in [0.1, 0.15) is 53.4 Å². The molecule has 2 aromatic rings. The highest BCUT2D eigenvalue weighted by Crippen LogP contribution is 2.25. The zero-order chi connectivity index (χ0) is 18.4. The van der Waals surface area contributed by atoms with E-state index in [1.165, 1.54) is 17.8 Å². The van der Waals surface area contributed by atoms with Gasteiger partial charge >= 0.3 is 5.97 Å². The Bertz CT molecular complexity index is 721. The predicted molar refractivity (Wildman–Crippen MR) is 100 cm³/mol. The lowest BCUT2D eigenvalue weighted by Gasteiger charge is -2.25. The van der Waals surface area contributed by atoms with Crippen molar-refractivity contribution >= 4 is 23.2 Å². The van der Waals surface area contributed by atoms with Gasteiger partial charge in [-0.3, -0.25) is 4.79 Å². The molecule has 3 rings (SSSR count). The third-order valence-corrected chi connectivity index (χ3v) is 5.41. The average molecular weight is 373 g/mol. The van der Waals surface area contributed by atoms with Crippen molar-refractivity contribution in [1.29, 1.82) is 0 Å². The van der Waals surface area contributed by atoms with E-state index in [0.717, 1.165) is 25.7 Å². The number of hydrogen-bond acceptors (Lipinski definition) is 5. The number of carbonyl (C=O) groups excluding carboxylic acids is 2. The number of thiophene rings is 1. The van der Waals surface area contributed by atoms with Gasteiger partial charge in [0.2, 0.25) is 6.10 Å². The van der Waals surface area contributed by atoms with Gasteiger partial charge in [-0.15, -0.1) is 11.3 Å². The first kappa shape index (κ1) is 18.5. The van der Waals surface area contributed by atoms with Crippen molar-refractivity contribution in [2.75, 3.05) is 7.11 Å². The van der Waals surface area contributed by atoms with Gasteiger partial charge in [0.1, 0.15) is 10.6 Å². The highest BCUT2D eigenvalue weighted by atomic mass is 32.1. The number of nitrogens with one attached hydrogen (secondary N) is 1. The van der Waals surface area contributed by atoms with Gasteiger partial charge in [0.25, 0.3) is 5.91 Å². The molecule has 0 saturated heterocycles. The van der Waals surface area contributed by atoms with Crippen LogP contribution in [0, 0.1) is 0 Å². The zero-order valence-electron chi connectivity index (χ0n) is 14.8. The summed E-state index contributed by atoms with van der Waals surface area (Å²) < 4.78 is 10.7. The van der Waals surface area contributed by atoms with Crippen LogP contribution in [0.15, 0.2) is 41.8 Å². The minimum absolute atomic E-state index is 0.150. The maximum atomic E-state index is 12.9. The van der Waals surface area contributed by atoms with Gasteiger partial charge in [0.05, 0.1) is 7.11 Å². The normalized spacial score (nSPS) is 15.9. The van der Waals surface area contributed by atoms with Crippen molar-refractivity contribution in [3.05, 3.63) is 52.2 Å². The Kier molecular flexibility index (Phi) is 6.28. The standard InChI is InChI=1S/C20H23NO4S/c1-24-16-11-9-14(10-12-16)18(25-20(23)17-8-5-13-26-17)19(22)21-15-6-3-2-4-7-15/h5,8-13,15,18H,2-4,6-7H2,1H3,(H,21,22)/t18-/m1/s1. The van der Waals surface area contributed by atoms with Crippen LogP contribution < -0.4 is 10.1 Å². The molecule has 0 bridgehead atoms. The first-order valence-electron chi connectivity index (χ1n) is 8.86. The van der Waals surface area contributed by atoms with E-state index >= 15 is 0 Å². The SMILES string of the molecule is COc1ccc([C@@H](OC(=O)c2cccs2)C(=O)NC2CCCCC2)cc1. The van der Waals surface area contributed by atoms with E-state index in [1.54, 1.807) is 48.9 Å². The summed E-state index contributed by atoms with van der Waals surface area (Å²) in [5.74, 6) is -0.0728. The fraction of sp³-hybridized carbons (Fsp3) is 0.400. The number of benzene rings is 1. The average Bonchev–Trinajstić information content (AvgIpc) is 3.22. The fourth-order valence-corrected chi connectivity index (χ4v) is 3.74. The fourth-order valence-electron chi connectivity index (χ4n) is 3.14. The van der Waals surface area contributed by atoms with E-state index in [9.17, 15) is 9.59 Å². The molecular formula is C20H23NO4S. The maximum Gasteiger partial charge on any atom is 0.349 e. The minimum atomic E-state index is -0.975. The van der Waals surface area contributed by atoms with Crippen LogP contribution in [0.4, 0.5) is 0 Å². The van der Waals surface area contributed by atoms with Crippen LogP contribution in [-0.2, 0) is 9.53 Å². The summed E-state index contributed by atoms with van der Waals surface area (Å²) >= 11 is 1.30. The molecule has 1 saturated carbocycles. The van der Waals surface area contributed by atoms with Crippen molar-refractivity contribution in [2.45, 2.75) is 44.2 Å². The number of methoxy groups -OCH3 is 1. The lowest BCUT2D eigenvalue weighted by atomic mass is 9.95. The third kappa shape index (κ3) is 4.64. The van der Waals surface area contributed by atoms with E-state index in [-0.39, 0.29) is 11.9 Å². The van der Waals surface area contributed by atoms with Crippen LogP contribution in [0.5, 0.6) is 5.75 Å². The van der Waals surface area contributed by atoms with Crippen molar-refractivity contribution < 1.29 is 19.1 Å². The van der Waals surface area contributed by atoms with Crippen LogP contribution in [0.3, 0.4) is 0 Å². The number of esters is 1. The molecule has 0 radical (unpaired) electrons. The molecule has 26 heavy (non-hydrogen) atoms. The Hall–Kier alpha value is -2.34. The summed E-state index contributed by atoms with van der Waals surface area (Å²) in [4.78, 5) is 25.7. The molecule has 1 fully saturated rings. The van der Waals surface area contributed by atoms with Crippen molar-refractivity contribution in [3.8, 4) is 5.75 Å². The Morgan fingerprint density at radius 3 is 2.46 bits per heavy atom. The molecule has 0 spiro atoms. The Balaban J connectivity index is 1.77. The summed E-state index contributed by atoms with van der Waals surface area (Å²) in [6.45, 7) is 0. The van der Waals surface area contributed by atoms with Crippen molar-refractivity contribution in [2.24, 2.45) is 0 Å². The number of carbonyl (C=O) groups is 2. The zero-order valence-corrected chi connectivity index (χ0v) is 15.6. The number of amides is 1. The van der Waals surface area contributed by atoms with Gasteiger partial charge in [0.15, 0.2) is 0 Å². The first-order valence-corrected chi connectivity index (χ1v) is 9.74. The second kappa shape index (κ2) is 8.85. The van der Waals surface area contributed by atoms with E-state index < -0.39 is 12.1 Å². The number of ether oxygens (including phenoxy) is 2. The van der Waals surface area contributed by atoms with E-state index in [4.69, 9.17) is 9.47 Å². The van der Waals surface area contributed by atoms with Crippen molar-refractivity contribution in [1.82, 2.24) is 5.32 Å². The Morgan fingerprint density at radius 2 is 1.85 bits per heavy atom. The highest BCUT2D eigenvalue weighted by molar-refractivity contribution is 7.11. The summed E-state index contributed by atoms with van der Waals surface area (Å²) in [5.41, 5.74) is 0.629. The summed E-state index contributed by atoms with van der Waals surface area (Å²) in [6.07, 6.45) is 4.42. The van der Waals surface area contributed by atoms with E-state index in [1.807, 2.05) is 0 Å². The van der Waals surface area contributed by atoms with Crippen LogP contribution in [0.2, 0.25) is 0 Å². The van der Waals surface area contributed by atoms with Gasteiger partial charge in [0, 0.05) is 11.6 Å². The van der Waals surface area contributed by atoms with Crippen LogP contribution in [0.25, 0.3) is 0 Å². The number of hydrogen-bond donors (Lipinski definition) is 1. The summed E-state index contributed by atoms with van der Waals surface area (Å²) in [6, 6.07) is 10.7. The predicted octanol–water partition coefficient (Wildman–Crippen LogP) is 4.10. The molecule has 1 heterocycles. The lowest BCUT2D eigenvalue weighted by molar-refractivity contribution is -0.131. The molecule has 1 aliphatic rings. The van der Waals surface area contributed by atoms with Crippen LogP contribution >= 0.6 is 11.3 Å². The number of rotatable bonds is 6. The van der Waals surface area contributed by atoms with Crippen LogP contribution in [-0.4, -0.2) is 25.0 Å². The molecule has 138 valence electrons. The van der Waals surface area contributed by atoms with Gasteiger partial charge < -0.3 is 14.8 Å². The minimum Gasteiger partial charge on any atom is -0.497 e. The third-order valence-electron chi connectivity index (χ3n) is 4.56. The lowest BCUT2D eigenvalue weighted by Crippen LogP contribution is -2.40. The quantitative estimate of drug-likeness (QED) is 0.774. The molecule has 6 heteroatoms. The van der Waals surface area contributed by atoms with Gasteiger partial charge in [-0.05, 0) is 36.4 Å². The molecule has 0 unspecified atom stereocenters. The Morgan fingerprint density at radius 1 is 1.12 bits per heavy atom. The molecule has 1 aromatic carbocycles. The summed E-state index contributed by atoms with van der Waals surface area (Å²) in [7, 11) is 1.58. The molecule has 1 aliphatic carbocycles. The van der Waals surface area contributed by atoms with E-state index in [0.29, 0.717) is 16.2 Å². The molecule has 0 aliphatic heterocycles. The van der Waals surface area contributed by atoms with Gasteiger partial charge in [-0.2, -0.15) is 0 Å². The largest absolute Gasteiger partial charge is 0.497 e. The second-order valence-electron chi connectivity index (χ2n) is 6.38. The molecule has 1 amide bonds. The van der Waals surface area contributed by atoms with Gasteiger partial charge in [-0.1, -0.05) is 37.5 Å². The molecule has 5 nitrogen and oxygen atoms in total. The molecular weight excluding hydrogens is 350 g/mol. The highest BCUT2D eigenvalue weighted by Gasteiger charge is 2.28.